The van der Waals surface area contributed by atoms with Gasteiger partial charge >= 0.3 is 24.1 Å². The molecule has 2 aliphatic heterocycles. The third-order valence-corrected chi connectivity index (χ3v) is 17.4. The molecule has 0 unspecified atom stereocenters. The first kappa shape index (κ1) is 100.0. The lowest BCUT2D eigenvalue weighted by molar-refractivity contribution is -0.192. The number of hydrogen-bond acceptors (Lipinski definition) is 25. The molecule has 638 valence electrons. The Kier molecular flexibility index (Phi) is 44.9. The number of guanidine groups is 2. The van der Waals surface area contributed by atoms with Crippen molar-refractivity contribution in [2.24, 2.45) is 55.9 Å². The van der Waals surface area contributed by atoms with Crippen LogP contribution in [0.4, 0.5) is 13.2 Å². The van der Waals surface area contributed by atoms with Gasteiger partial charge < -0.3 is 140 Å². The lowest BCUT2D eigenvalue weighted by atomic mass is 10.0. The molecule has 2 fully saturated rings. The number of thioether (sulfide) groups is 1. The lowest BCUT2D eigenvalue weighted by Gasteiger charge is -2.30. The molecule has 0 spiro atoms. The van der Waals surface area contributed by atoms with Gasteiger partial charge in [0.25, 0.3) is 0 Å². The van der Waals surface area contributed by atoms with Crippen LogP contribution in [0.15, 0.2) is 9.98 Å². The number of carbonyl (C=O) groups excluding carboxylic acids is 15. The van der Waals surface area contributed by atoms with E-state index in [2.05, 4.69) is 68.5 Å². The average molecular weight is 1640 g/mol. The van der Waals surface area contributed by atoms with Crippen LogP contribution in [0, 0.1) is 0 Å². The number of carboxylic acid groups (broad SMARTS) is 3. The first-order valence-electron chi connectivity index (χ1n) is 35.4. The number of aliphatic imine (C=N–C) groups is 2. The summed E-state index contributed by atoms with van der Waals surface area (Å²) in [6.45, 7) is 1.82. The van der Waals surface area contributed by atoms with Crippen LogP contribution in [0.2, 0.25) is 0 Å². The number of aliphatic hydroxyl groups is 2. The number of aliphatic carboxylic acids is 3. The van der Waals surface area contributed by atoms with E-state index in [4.69, 9.17) is 60.9 Å². The van der Waals surface area contributed by atoms with E-state index in [1.165, 1.54) is 32.5 Å². The van der Waals surface area contributed by atoms with Crippen molar-refractivity contribution in [1.82, 2.24) is 68.3 Å². The summed E-state index contributed by atoms with van der Waals surface area (Å²) in [7, 11) is 0. The molecule has 2 heterocycles. The number of carbonyl (C=O) groups is 18. The molecule has 15 amide bonds. The Labute approximate surface area is 649 Å². The Morgan fingerprint density at radius 1 is 0.460 bits per heavy atom. The Bertz CT molecular complexity index is 3390. The highest BCUT2D eigenvalue weighted by atomic mass is 32.2. The molecule has 0 bridgehead atoms. The predicted octanol–water partition coefficient (Wildman–Crippen LogP) is -11.0. The minimum Gasteiger partial charge on any atom is -0.481 e. The molecular weight excluding hydrogens is 1540 g/mol. The molecular formula is C63H106F3N23O23S. The number of aliphatic hydroxyl groups excluding tert-OH is 2. The summed E-state index contributed by atoms with van der Waals surface area (Å²) in [5.74, 6) is -21.0. The monoisotopic (exact) mass is 1640 g/mol. The van der Waals surface area contributed by atoms with E-state index in [9.17, 15) is 110 Å². The second-order valence-electron chi connectivity index (χ2n) is 25.9. The standard InChI is InChI=1S/C61H105N23O21S.C2HF3O2/c1-29(72-48(93)32(63)27-85)47(92)80-38(25-43(64)87)53(98)82-40(28-86)54(99)81-39(26-44(65)88)58(103)84-23-10-14-41(84)55(100)73-30(2)46(91)75-36(18-24-106-4)49(94)74-31(3)57(102)83-22-9-15-42(83)56(101)78-34(13-8-21-71-61(68)69)50(95)77-35(16-17-45(89)90)52(97)76-33(12-7-20-70-60(66)67)51(96)79-37(59(104)105)11-5-6-19-62;3-2(4,5)1(6)7/h29-42,85-86H,5-28,62-63H2,1-4H3,(H2,64,87)(H2,65,88)(H,72,93)(H,73,100)(H,74,94)(H,75,91)(H,76,97)(H,77,95)(H,78,101)(H,79,96)(H,80,92)(H,81,99)(H,82,98)(H,89,90)(H,104,105)(H4,66,67,70)(H4,68,69,71);(H,6,7)/t29-,30-,31-,32-,33-,34-,35-,36-,37-,38-,39-,40-,41-,42-;/m0./s1. The number of alkyl halides is 3. The maximum Gasteiger partial charge on any atom is 0.490 e. The molecule has 0 aromatic heterocycles. The topological polar surface area (TPSA) is 780 Å². The number of carboxylic acids is 3. The van der Waals surface area contributed by atoms with Crippen LogP contribution < -0.4 is 104 Å². The fourth-order valence-electron chi connectivity index (χ4n) is 10.8. The molecule has 0 aliphatic carbocycles. The van der Waals surface area contributed by atoms with E-state index in [1.807, 2.05) is 0 Å². The lowest BCUT2D eigenvalue weighted by Crippen LogP contribution is -2.61. The molecule has 32 N–H and O–H groups in total. The third kappa shape index (κ3) is 37.2. The molecule has 0 radical (unpaired) electrons. The van der Waals surface area contributed by atoms with Gasteiger partial charge in [-0.15, -0.1) is 0 Å². The summed E-state index contributed by atoms with van der Waals surface area (Å²) in [5, 5.41) is 72.1. The third-order valence-electron chi connectivity index (χ3n) is 16.8. The fraction of sp³-hybridized carbons (Fsp3) is 0.683. The number of likely N-dealkylation sites (tertiary alicyclic amines) is 2. The summed E-state index contributed by atoms with van der Waals surface area (Å²) in [6.07, 6.45) is -5.41. The zero-order valence-corrected chi connectivity index (χ0v) is 63.4. The van der Waals surface area contributed by atoms with Crippen LogP contribution >= 0.6 is 11.8 Å². The molecule has 46 nitrogen and oxygen atoms in total. The molecule has 50 heteroatoms. The Hall–Kier alpha value is -11.0. The first-order valence-corrected chi connectivity index (χ1v) is 36.8. The molecule has 0 saturated carbocycles. The summed E-state index contributed by atoms with van der Waals surface area (Å²) >= 11 is 1.29. The first-order chi connectivity index (χ1) is 52.8. The average Bonchev–Trinajstić information content (AvgIpc) is 1.72. The van der Waals surface area contributed by atoms with Crippen molar-refractivity contribution in [3.05, 3.63) is 0 Å². The van der Waals surface area contributed by atoms with E-state index in [0.717, 1.165) is 9.80 Å². The normalized spacial score (nSPS) is 16.9. The van der Waals surface area contributed by atoms with Gasteiger partial charge in [-0.2, -0.15) is 24.9 Å². The number of hydrogen-bond donors (Lipinski definition) is 24. The summed E-state index contributed by atoms with van der Waals surface area (Å²) in [4.78, 5) is 246. The van der Waals surface area contributed by atoms with Crippen molar-refractivity contribution in [3.8, 4) is 0 Å². The molecule has 2 saturated heterocycles. The van der Waals surface area contributed by atoms with E-state index in [0.29, 0.717) is 12.8 Å². The van der Waals surface area contributed by atoms with Crippen molar-refractivity contribution in [3.63, 3.8) is 0 Å². The fourth-order valence-corrected chi connectivity index (χ4v) is 11.3. The molecule has 14 atom stereocenters. The van der Waals surface area contributed by atoms with Gasteiger partial charge in [0.2, 0.25) is 88.6 Å². The van der Waals surface area contributed by atoms with Crippen LogP contribution in [0.25, 0.3) is 0 Å². The van der Waals surface area contributed by atoms with Gasteiger partial charge in [-0.25, -0.2) is 9.59 Å². The van der Waals surface area contributed by atoms with E-state index < -0.39 is 236 Å². The predicted molar refractivity (Wildman–Crippen MR) is 391 cm³/mol. The van der Waals surface area contributed by atoms with Gasteiger partial charge in [0.05, 0.1) is 26.1 Å². The molecule has 2 rings (SSSR count). The Balaban J connectivity index is 0.00000867. The molecule has 113 heavy (non-hydrogen) atoms. The number of primary amides is 2. The number of nitrogens with zero attached hydrogens (tertiary/aromatic N) is 4. The van der Waals surface area contributed by atoms with Gasteiger partial charge in [0, 0.05) is 32.6 Å². The second kappa shape index (κ2) is 50.8. The largest absolute Gasteiger partial charge is 0.490 e. The van der Waals surface area contributed by atoms with Crippen molar-refractivity contribution in [2.45, 2.75) is 214 Å². The minimum absolute atomic E-state index is 0.00667. The number of nitrogens with one attached hydrogen (secondary N) is 11. The number of rotatable bonds is 49. The van der Waals surface area contributed by atoms with Gasteiger partial charge in [0.15, 0.2) is 11.9 Å². The van der Waals surface area contributed by atoms with Crippen LogP contribution in [-0.2, 0) is 86.3 Å². The Morgan fingerprint density at radius 2 is 0.841 bits per heavy atom. The highest BCUT2D eigenvalue weighted by molar-refractivity contribution is 7.98. The maximum atomic E-state index is 14.3. The number of nitrogens with two attached hydrogens (primary N) is 8. The molecule has 2 aliphatic rings. The molecule has 0 aromatic rings. The smallest absolute Gasteiger partial charge is 0.481 e. The van der Waals surface area contributed by atoms with Crippen molar-refractivity contribution in [2.75, 3.05) is 57.9 Å². The van der Waals surface area contributed by atoms with Crippen LogP contribution in [0.3, 0.4) is 0 Å². The van der Waals surface area contributed by atoms with Crippen molar-refractivity contribution >= 4 is 130 Å². The zero-order chi connectivity index (χ0) is 86.2. The zero-order valence-electron chi connectivity index (χ0n) is 62.6. The number of halogens is 3. The van der Waals surface area contributed by atoms with Crippen LogP contribution in [0.5, 0.6) is 0 Å². The molecule has 0 aromatic carbocycles. The second-order valence-corrected chi connectivity index (χ2v) is 26.9. The van der Waals surface area contributed by atoms with E-state index in [1.54, 1.807) is 6.26 Å². The SMILES string of the molecule is CSCC[C@H](NC(=O)[C@H](C)NC(=O)[C@@H]1CCCN1C(=O)[C@H](CC(N)=O)NC(=O)[C@H](CO)NC(=O)[C@H](CC(N)=O)NC(=O)[C@H](C)NC(=O)[C@@H](N)CO)C(=O)N[C@@H](C)C(=O)N1CCC[C@H]1C(=O)N[C@@H](CCCN=C(N)N)C(=O)N[C@@H](CCC(=O)O)C(=O)N[C@@H](CCCN=C(N)N)C(=O)N[C@@H](CCCCN)C(=O)O.O=C(O)C(F)(F)F. The van der Waals surface area contributed by atoms with Gasteiger partial charge in [0.1, 0.15) is 84.6 Å². The summed E-state index contributed by atoms with van der Waals surface area (Å²) in [5.41, 5.74) is 43.6. The summed E-state index contributed by atoms with van der Waals surface area (Å²) in [6, 6.07) is -21.2. The summed E-state index contributed by atoms with van der Waals surface area (Å²) < 4.78 is 31.7. The van der Waals surface area contributed by atoms with Gasteiger partial charge in [-0.05, 0) is 123 Å². The van der Waals surface area contributed by atoms with Gasteiger partial charge in [-0.1, -0.05) is 0 Å². The van der Waals surface area contributed by atoms with Crippen LogP contribution in [0.1, 0.15) is 124 Å². The van der Waals surface area contributed by atoms with Crippen molar-refractivity contribution in [1.29, 1.82) is 0 Å². The minimum atomic E-state index is -5.08. The number of amides is 15. The highest BCUT2D eigenvalue weighted by Crippen LogP contribution is 2.22. The van der Waals surface area contributed by atoms with Crippen LogP contribution in [-0.4, -0.2) is 302 Å². The number of unbranched alkanes of at least 4 members (excludes halogenated alkanes) is 1. The maximum absolute atomic E-state index is 14.3. The van der Waals surface area contributed by atoms with E-state index in [-0.39, 0.29) is 115 Å². The Morgan fingerprint density at radius 3 is 1.29 bits per heavy atom. The van der Waals surface area contributed by atoms with Gasteiger partial charge in [-0.3, -0.25) is 86.7 Å². The highest BCUT2D eigenvalue weighted by Gasteiger charge is 2.43. The van der Waals surface area contributed by atoms with Crippen molar-refractivity contribution < 1.29 is 125 Å². The quantitative estimate of drug-likeness (QED) is 0.0153. The van der Waals surface area contributed by atoms with E-state index >= 15 is 0 Å².